The van der Waals surface area contributed by atoms with Gasteiger partial charge in [-0.2, -0.15) is 0 Å². The van der Waals surface area contributed by atoms with Gasteiger partial charge < -0.3 is 4.74 Å². The van der Waals surface area contributed by atoms with Gasteiger partial charge in [0.1, 0.15) is 11.9 Å². The van der Waals surface area contributed by atoms with Gasteiger partial charge in [-0.15, -0.1) is 0 Å². The van der Waals surface area contributed by atoms with Crippen molar-refractivity contribution in [3.63, 3.8) is 0 Å². The number of methoxy groups -OCH3 is 1. The predicted octanol–water partition coefficient (Wildman–Crippen LogP) is 2.38. The van der Waals surface area contributed by atoms with E-state index < -0.39 is 6.10 Å². The third-order valence-electron chi connectivity index (χ3n) is 2.70. The SMILES string of the molecule is CCCCC(C)C(=O)CC(=O)C(C)OC. The second-order valence-electron chi connectivity index (χ2n) is 4.03. The van der Waals surface area contributed by atoms with Crippen LogP contribution in [0, 0.1) is 5.92 Å². The Hall–Kier alpha value is -0.700. The van der Waals surface area contributed by atoms with Crippen molar-refractivity contribution in [2.75, 3.05) is 7.11 Å². The first kappa shape index (κ1) is 14.3. The first-order valence-corrected chi connectivity index (χ1v) is 5.61. The molecule has 0 spiro atoms. The van der Waals surface area contributed by atoms with Crippen LogP contribution in [0.5, 0.6) is 0 Å². The monoisotopic (exact) mass is 214 g/mol. The summed E-state index contributed by atoms with van der Waals surface area (Å²) in [6.45, 7) is 5.66. The molecular formula is C12H22O3. The van der Waals surface area contributed by atoms with Crippen LogP contribution in [-0.4, -0.2) is 24.8 Å². The minimum Gasteiger partial charge on any atom is -0.374 e. The molecule has 0 aromatic carbocycles. The van der Waals surface area contributed by atoms with Gasteiger partial charge in [0, 0.05) is 13.0 Å². The maximum atomic E-state index is 11.6. The van der Waals surface area contributed by atoms with E-state index >= 15 is 0 Å². The third-order valence-corrected chi connectivity index (χ3v) is 2.70. The van der Waals surface area contributed by atoms with Crippen molar-refractivity contribution in [2.45, 2.75) is 52.6 Å². The second kappa shape index (κ2) is 7.57. The fraction of sp³-hybridized carbons (Fsp3) is 0.833. The van der Waals surface area contributed by atoms with Crippen LogP contribution in [0.3, 0.4) is 0 Å². The van der Waals surface area contributed by atoms with Gasteiger partial charge in [-0.25, -0.2) is 0 Å². The second-order valence-corrected chi connectivity index (χ2v) is 4.03. The van der Waals surface area contributed by atoms with E-state index in [2.05, 4.69) is 6.92 Å². The first-order chi connectivity index (χ1) is 7.02. The van der Waals surface area contributed by atoms with E-state index in [0.717, 1.165) is 19.3 Å². The zero-order chi connectivity index (χ0) is 11.8. The summed E-state index contributed by atoms with van der Waals surface area (Å²) < 4.78 is 4.87. The molecule has 3 heteroatoms. The van der Waals surface area contributed by atoms with Gasteiger partial charge in [0.25, 0.3) is 0 Å². The summed E-state index contributed by atoms with van der Waals surface area (Å²) in [6, 6.07) is 0. The molecule has 0 bridgehead atoms. The Labute approximate surface area is 92.2 Å². The Balaban J connectivity index is 3.96. The number of hydrogen-bond acceptors (Lipinski definition) is 3. The van der Waals surface area contributed by atoms with Gasteiger partial charge in [-0.3, -0.25) is 9.59 Å². The maximum Gasteiger partial charge on any atom is 0.168 e. The van der Waals surface area contributed by atoms with E-state index in [-0.39, 0.29) is 23.9 Å². The highest BCUT2D eigenvalue weighted by molar-refractivity contribution is 6.01. The molecule has 0 radical (unpaired) electrons. The molecule has 2 atom stereocenters. The highest BCUT2D eigenvalue weighted by atomic mass is 16.5. The Bertz CT molecular complexity index is 211. The zero-order valence-corrected chi connectivity index (χ0v) is 10.2. The number of carbonyl (C=O) groups excluding carboxylic acids is 2. The molecule has 2 unspecified atom stereocenters. The lowest BCUT2D eigenvalue weighted by Crippen LogP contribution is -2.24. The van der Waals surface area contributed by atoms with E-state index in [1.54, 1.807) is 6.92 Å². The molecular weight excluding hydrogens is 192 g/mol. The van der Waals surface area contributed by atoms with Crippen LogP contribution in [0.1, 0.15) is 46.5 Å². The van der Waals surface area contributed by atoms with Crippen molar-refractivity contribution >= 4 is 11.6 Å². The quantitative estimate of drug-likeness (QED) is 0.583. The summed E-state index contributed by atoms with van der Waals surface area (Å²) in [6.07, 6.45) is 2.55. The lowest BCUT2D eigenvalue weighted by Gasteiger charge is -2.11. The standard InChI is InChI=1S/C12H22O3/c1-5-6-7-9(2)11(13)8-12(14)10(3)15-4/h9-10H,5-8H2,1-4H3. The van der Waals surface area contributed by atoms with Gasteiger partial charge >= 0.3 is 0 Å². The first-order valence-electron chi connectivity index (χ1n) is 5.61. The largest absolute Gasteiger partial charge is 0.374 e. The summed E-state index contributed by atoms with van der Waals surface area (Å²) in [7, 11) is 1.48. The lowest BCUT2D eigenvalue weighted by molar-refractivity contribution is -0.134. The lowest BCUT2D eigenvalue weighted by atomic mass is 9.95. The fourth-order valence-corrected chi connectivity index (χ4v) is 1.29. The average molecular weight is 214 g/mol. The van der Waals surface area contributed by atoms with Crippen molar-refractivity contribution in [3.8, 4) is 0 Å². The summed E-state index contributed by atoms with van der Waals surface area (Å²) in [5.41, 5.74) is 0. The number of Topliss-reactive ketones (excluding diaryl/α,β-unsaturated/α-hetero) is 2. The van der Waals surface area contributed by atoms with E-state index in [1.807, 2.05) is 6.92 Å². The molecule has 0 aliphatic heterocycles. The van der Waals surface area contributed by atoms with Crippen molar-refractivity contribution in [1.82, 2.24) is 0 Å². The molecule has 0 aromatic rings. The van der Waals surface area contributed by atoms with Crippen LogP contribution in [0.2, 0.25) is 0 Å². The van der Waals surface area contributed by atoms with Gasteiger partial charge in [0.05, 0.1) is 6.42 Å². The summed E-state index contributed by atoms with van der Waals surface area (Å²) in [5.74, 6) is -0.0823. The molecule has 0 saturated heterocycles. The number of hydrogen-bond donors (Lipinski definition) is 0. The number of rotatable bonds is 8. The van der Waals surface area contributed by atoms with Crippen molar-refractivity contribution in [1.29, 1.82) is 0 Å². The molecule has 0 rings (SSSR count). The highest BCUT2D eigenvalue weighted by Gasteiger charge is 2.19. The molecule has 0 aromatic heterocycles. The van der Waals surface area contributed by atoms with E-state index in [4.69, 9.17) is 4.74 Å². The number of carbonyl (C=O) groups is 2. The molecule has 3 nitrogen and oxygen atoms in total. The smallest absolute Gasteiger partial charge is 0.168 e. The van der Waals surface area contributed by atoms with E-state index in [1.165, 1.54) is 7.11 Å². The van der Waals surface area contributed by atoms with Crippen molar-refractivity contribution < 1.29 is 14.3 Å². The Morgan fingerprint density at radius 1 is 1.20 bits per heavy atom. The van der Waals surface area contributed by atoms with Crippen LogP contribution in [0.25, 0.3) is 0 Å². The van der Waals surface area contributed by atoms with Crippen LogP contribution in [0.4, 0.5) is 0 Å². The minimum atomic E-state index is -0.465. The maximum absolute atomic E-state index is 11.6. The fourth-order valence-electron chi connectivity index (χ4n) is 1.29. The molecule has 0 heterocycles. The molecule has 0 N–H and O–H groups in total. The van der Waals surface area contributed by atoms with Crippen LogP contribution < -0.4 is 0 Å². The van der Waals surface area contributed by atoms with Gasteiger partial charge in [-0.1, -0.05) is 26.7 Å². The number of unbranched alkanes of at least 4 members (excludes halogenated alkanes) is 1. The Morgan fingerprint density at radius 2 is 1.80 bits per heavy atom. The van der Waals surface area contributed by atoms with E-state index in [0.29, 0.717) is 0 Å². The molecule has 0 saturated carbocycles. The molecule has 0 amide bonds. The highest BCUT2D eigenvalue weighted by Crippen LogP contribution is 2.11. The summed E-state index contributed by atoms with van der Waals surface area (Å²) in [5, 5.41) is 0. The Morgan fingerprint density at radius 3 is 2.27 bits per heavy atom. The number of ether oxygens (including phenoxy) is 1. The van der Waals surface area contributed by atoms with Crippen LogP contribution in [-0.2, 0) is 14.3 Å². The van der Waals surface area contributed by atoms with Crippen molar-refractivity contribution in [2.24, 2.45) is 5.92 Å². The molecule has 0 aliphatic rings. The molecule has 15 heavy (non-hydrogen) atoms. The molecule has 0 aliphatic carbocycles. The Kier molecular flexibility index (Phi) is 7.22. The van der Waals surface area contributed by atoms with Crippen molar-refractivity contribution in [3.05, 3.63) is 0 Å². The van der Waals surface area contributed by atoms with Crippen LogP contribution >= 0.6 is 0 Å². The molecule has 88 valence electrons. The zero-order valence-electron chi connectivity index (χ0n) is 10.2. The van der Waals surface area contributed by atoms with Crippen LogP contribution in [0.15, 0.2) is 0 Å². The minimum absolute atomic E-state index is 0.00189. The van der Waals surface area contributed by atoms with E-state index in [9.17, 15) is 9.59 Å². The van der Waals surface area contributed by atoms with Gasteiger partial charge in [0.2, 0.25) is 0 Å². The number of ketones is 2. The predicted molar refractivity (Wildman–Crippen MR) is 59.8 cm³/mol. The topological polar surface area (TPSA) is 43.4 Å². The third kappa shape index (κ3) is 5.67. The van der Waals surface area contributed by atoms with Gasteiger partial charge in [0.15, 0.2) is 5.78 Å². The average Bonchev–Trinajstić information content (AvgIpc) is 2.24. The normalized spacial score (nSPS) is 14.7. The summed E-state index contributed by atoms with van der Waals surface area (Å²) in [4.78, 5) is 23.0. The van der Waals surface area contributed by atoms with Gasteiger partial charge in [-0.05, 0) is 13.3 Å². The molecule has 0 fully saturated rings. The summed E-state index contributed by atoms with van der Waals surface area (Å²) >= 11 is 0.